The quantitative estimate of drug-likeness (QED) is 0.815. The van der Waals surface area contributed by atoms with E-state index in [1.54, 1.807) is 0 Å². The Hall–Kier alpha value is -1.62. The molecule has 0 unspecified atom stereocenters. The fraction of sp³-hybridized carbons (Fsp3) is 0.667. The molecule has 1 amide bonds. The van der Waals surface area contributed by atoms with Gasteiger partial charge in [-0.15, -0.1) is 0 Å². The number of pyridine rings is 1. The first-order valence-electron chi connectivity index (χ1n) is 8.99. The normalized spacial score (nSPS) is 19.9. The summed E-state index contributed by atoms with van der Waals surface area (Å²) in [6.45, 7) is 6.25. The van der Waals surface area contributed by atoms with E-state index in [1.165, 1.54) is 25.9 Å². The van der Waals surface area contributed by atoms with Crippen molar-refractivity contribution in [2.24, 2.45) is 5.92 Å². The average molecular weight is 316 g/mol. The van der Waals surface area contributed by atoms with Gasteiger partial charge in [0, 0.05) is 31.7 Å². The van der Waals surface area contributed by atoms with Crippen LogP contribution < -0.4 is 10.2 Å². The molecule has 2 aliphatic rings. The molecule has 5 heteroatoms. The molecule has 23 heavy (non-hydrogen) atoms. The van der Waals surface area contributed by atoms with Crippen molar-refractivity contribution in [2.75, 3.05) is 44.2 Å². The van der Waals surface area contributed by atoms with E-state index in [0.717, 1.165) is 51.3 Å². The van der Waals surface area contributed by atoms with E-state index in [1.807, 2.05) is 24.4 Å². The van der Waals surface area contributed by atoms with Crippen molar-refractivity contribution in [3.8, 4) is 0 Å². The van der Waals surface area contributed by atoms with Crippen LogP contribution in [0.3, 0.4) is 0 Å². The van der Waals surface area contributed by atoms with Crippen molar-refractivity contribution in [3.05, 3.63) is 24.4 Å². The van der Waals surface area contributed by atoms with Crippen LogP contribution in [0, 0.1) is 5.92 Å². The van der Waals surface area contributed by atoms with Crippen molar-refractivity contribution < 1.29 is 4.79 Å². The van der Waals surface area contributed by atoms with Crippen molar-refractivity contribution in [1.82, 2.24) is 15.2 Å². The van der Waals surface area contributed by atoms with E-state index < -0.39 is 0 Å². The first-order chi connectivity index (χ1) is 11.3. The summed E-state index contributed by atoms with van der Waals surface area (Å²) >= 11 is 0. The van der Waals surface area contributed by atoms with Crippen LogP contribution in [0.2, 0.25) is 0 Å². The molecule has 0 bridgehead atoms. The fourth-order valence-corrected chi connectivity index (χ4v) is 3.58. The highest BCUT2D eigenvalue weighted by molar-refractivity contribution is 5.78. The summed E-state index contributed by atoms with van der Waals surface area (Å²) in [6, 6.07) is 5.99. The highest BCUT2D eigenvalue weighted by atomic mass is 16.1. The minimum absolute atomic E-state index is 0.168. The van der Waals surface area contributed by atoms with Crippen LogP contribution in [0.25, 0.3) is 0 Å². The van der Waals surface area contributed by atoms with Crippen molar-refractivity contribution in [2.45, 2.75) is 32.1 Å². The third kappa shape index (κ3) is 4.67. The molecule has 3 rings (SSSR count). The van der Waals surface area contributed by atoms with Crippen molar-refractivity contribution >= 4 is 11.7 Å². The maximum Gasteiger partial charge on any atom is 0.223 e. The number of aromatic nitrogens is 1. The van der Waals surface area contributed by atoms with Gasteiger partial charge in [-0.2, -0.15) is 0 Å². The Balaban J connectivity index is 1.33. The Morgan fingerprint density at radius 1 is 1.17 bits per heavy atom. The van der Waals surface area contributed by atoms with Gasteiger partial charge in [0.1, 0.15) is 5.82 Å². The van der Waals surface area contributed by atoms with Gasteiger partial charge in [0.2, 0.25) is 5.91 Å². The van der Waals surface area contributed by atoms with Gasteiger partial charge in [-0.3, -0.25) is 4.79 Å². The van der Waals surface area contributed by atoms with Crippen LogP contribution in [-0.4, -0.2) is 55.1 Å². The molecule has 3 heterocycles. The first kappa shape index (κ1) is 16.2. The predicted molar refractivity (Wildman–Crippen MR) is 92.5 cm³/mol. The maximum atomic E-state index is 12.3. The number of carbonyl (C=O) groups is 1. The number of hydrogen-bond acceptors (Lipinski definition) is 4. The van der Waals surface area contributed by atoms with Crippen LogP contribution in [0.4, 0.5) is 5.82 Å². The second kappa shape index (κ2) is 8.29. The number of hydrogen-bond donors (Lipinski definition) is 1. The lowest BCUT2D eigenvalue weighted by atomic mass is 9.96. The molecule has 0 saturated carbocycles. The Morgan fingerprint density at radius 3 is 2.65 bits per heavy atom. The summed E-state index contributed by atoms with van der Waals surface area (Å²) in [4.78, 5) is 21.4. The zero-order valence-electron chi connectivity index (χ0n) is 13.9. The molecule has 0 radical (unpaired) electrons. The van der Waals surface area contributed by atoms with Gasteiger partial charge < -0.3 is 15.1 Å². The molecule has 126 valence electrons. The summed E-state index contributed by atoms with van der Waals surface area (Å²) < 4.78 is 0. The van der Waals surface area contributed by atoms with Gasteiger partial charge in [0.15, 0.2) is 0 Å². The van der Waals surface area contributed by atoms with E-state index in [4.69, 9.17) is 0 Å². The number of nitrogens with one attached hydrogen (secondary N) is 1. The summed E-state index contributed by atoms with van der Waals surface area (Å²) in [5, 5.41) is 3.13. The second-order valence-electron chi connectivity index (χ2n) is 6.64. The molecule has 2 saturated heterocycles. The number of nitrogens with zero attached hydrogens (tertiary/aromatic N) is 3. The molecule has 1 aromatic heterocycles. The van der Waals surface area contributed by atoms with Crippen LogP contribution in [0.15, 0.2) is 24.4 Å². The Kier molecular flexibility index (Phi) is 5.86. The molecular formula is C18H28N4O. The minimum Gasteiger partial charge on any atom is -0.357 e. The first-order valence-corrected chi connectivity index (χ1v) is 8.99. The van der Waals surface area contributed by atoms with E-state index in [0.29, 0.717) is 0 Å². The maximum absolute atomic E-state index is 12.3. The van der Waals surface area contributed by atoms with Gasteiger partial charge in [-0.1, -0.05) is 6.07 Å². The molecule has 1 aromatic rings. The summed E-state index contributed by atoms with van der Waals surface area (Å²) in [6.07, 6.45) is 7.42. The summed E-state index contributed by atoms with van der Waals surface area (Å²) in [5.41, 5.74) is 0. The SMILES string of the molecule is O=C(NCCCN1CCCC1)C1CCN(c2ccccn2)CC1. The number of piperidine rings is 1. The molecule has 1 N–H and O–H groups in total. The predicted octanol–water partition coefficient (Wildman–Crippen LogP) is 1.90. The minimum atomic E-state index is 0.168. The molecule has 0 aromatic carbocycles. The fourth-order valence-electron chi connectivity index (χ4n) is 3.58. The average Bonchev–Trinajstić information content (AvgIpc) is 3.13. The molecule has 0 atom stereocenters. The van der Waals surface area contributed by atoms with Crippen molar-refractivity contribution in [1.29, 1.82) is 0 Å². The highest BCUT2D eigenvalue weighted by Gasteiger charge is 2.25. The molecular weight excluding hydrogens is 288 g/mol. The van der Waals surface area contributed by atoms with E-state index in [2.05, 4.69) is 20.1 Å². The smallest absolute Gasteiger partial charge is 0.223 e. The Bertz CT molecular complexity index is 479. The van der Waals surface area contributed by atoms with Gasteiger partial charge in [-0.25, -0.2) is 4.98 Å². The van der Waals surface area contributed by atoms with Crippen LogP contribution >= 0.6 is 0 Å². The lowest BCUT2D eigenvalue weighted by molar-refractivity contribution is -0.125. The Morgan fingerprint density at radius 2 is 1.96 bits per heavy atom. The molecule has 2 fully saturated rings. The lowest BCUT2D eigenvalue weighted by Gasteiger charge is -2.32. The monoisotopic (exact) mass is 316 g/mol. The number of amides is 1. The molecule has 0 aliphatic carbocycles. The molecule has 2 aliphatic heterocycles. The van der Waals surface area contributed by atoms with Gasteiger partial charge in [0.05, 0.1) is 0 Å². The van der Waals surface area contributed by atoms with Crippen LogP contribution in [0.1, 0.15) is 32.1 Å². The molecule has 5 nitrogen and oxygen atoms in total. The summed E-state index contributed by atoms with van der Waals surface area (Å²) in [7, 11) is 0. The highest BCUT2D eigenvalue weighted by Crippen LogP contribution is 2.21. The van der Waals surface area contributed by atoms with E-state index in [-0.39, 0.29) is 11.8 Å². The second-order valence-corrected chi connectivity index (χ2v) is 6.64. The number of anilines is 1. The topological polar surface area (TPSA) is 48.5 Å². The summed E-state index contributed by atoms with van der Waals surface area (Å²) in [5.74, 6) is 1.44. The van der Waals surface area contributed by atoms with Gasteiger partial charge in [-0.05, 0) is 63.9 Å². The Labute approximate surface area is 139 Å². The van der Waals surface area contributed by atoms with Gasteiger partial charge in [0.25, 0.3) is 0 Å². The number of rotatable bonds is 6. The number of carbonyl (C=O) groups excluding carboxylic acids is 1. The van der Waals surface area contributed by atoms with E-state index in [9.17, 15) is 4.79 Å². The third-order valence-corrected chi connectivity index (χ3v) is 4.99. The number of likely N-dealkylation sites (tertiary alicyclic amines) is 1. The van der Waals surface area contributed by atoms with Crippen LogP contribution in [-0.2, 0) is 4.79 Å². The lowest BCUT2D eigenvalue weighted by Crippen LogP contribution is -2.41. The van der Waals surface area contributed by atoms with E-state index >= 15 is 0 Å². The third-order valence-electron chi connectivity index (χ3n) is 4.99. The molecule has 0 spiro atoms. The largest absolute Gasteiger partial charge is 0.357 e. The van der Waals surface area contributed by atoms with Crippen molar-refractivity contribution in [3.63, 3.8) is 0 Å². The van der Waals surface area contributed by atoms with Crippen LogP contribution in [0.5, 0.6) is 0 Å². The zero-order valence-corrected chi connectivity index (χ0v) is 13.9. The standard InChI is InChI=1S/C18H28N4O/c23-18(20-10-5-13-21-11-3-4-12-21)16-7-14-22(15-8-16)17-6-1-2-9-19-17/h1-2,6,9,16H,3-5,7-8,10-15H2,(H,20,23). The van der Waals surface area contributed by atoms with Gasteiger partial charge >= 0.3 is 0 Å². The zero-order chi connectivity index (χ0) is 15.9.